The number of fused-ring (bicyclic) bond motifs is 3. The van der Waals surface area contributed by atoms with Crippen LogP contribution >= 0.6 is 0 Å². The number of hydrogen-bond donors (Lipinski definition) is 0. The van der Waals surface area contributed by atoms with Gasteiger partial charge in [-0.15, -0.1) is 0 Å². The molecule has 3 saturated heterocycles. The largest absolute Gasteiger partial charge is 0.342 e. The molecule has 5 rings (SSSR count). The highest BCUT2D eigenvalue weighted by molar-refractivity contribution is 5.83. The summed E-state index contributed by atoms with van der Waals surface area (Å²) in [4.78, 5) is 17.7. The summed E-state index contributed by atoms with van der Waals surface area (Å²) in [5, 5.41) is 0. The number of benzene rings is 1. The second kappa shape index (κ2) is 5.55. The van der Waals surface area contributed by atoms with Gasteiger partial charge in [-0.2, -0.15) is 0 Å². The second-order valence-electron chi connectivity index (χ2n) is 8.23. The van der Waals surface area contributed by atoms with E-state index in [-0.39, 0.29) is 11.7 Å². The molecule has 3 aliphatic heterocycles. The monoisotopic (exact) mass is 328 g/mol. The van der Waals surface area contributed by atoms with Crippen LogP contribution in [0.3, 0.4) is 0 Å². The van der Waals surface area contributed by atoms with Crippen LogP contribution in [0.15, 0.2) is 24.3 Å². The first-order valence-corrected chi connectivity index (χ1v) is 9.49. The zero-order valence-electron chi connectivity index (χ0n) is 14.0. The maximum Gasteiger partial charge on any atom is 0.226 e. The van der Waals surface area contributed by atoms with E-state index in [9.17, 15) is 9.18 Å². The van der Waals surface area contributed by atoms with Crippen LogP contribution in [0, 0.1) is 23.6 Å². The first kappa shape index (κ1) is 14.9. The van der Waals surface area contributed by atoms with E-state index in [1.165, 1.54) is 44.5 Å². The molecule has 1 aromatic carbocycles. The number of amides is 1. The zero-order chi connectivity index (χ0) is 16.3. The van der Waals surface area contributed by atoms with Gasteiger partial charge in [0.05, 0.1) is 0 Å². The van der Waals surface area contributed by atoms with Crippen LogP contribution in [0.1, 0.15) is 37.2 Å². The summed E-state index contributed by atoms with van der Waals surface area (Å²) in [6.07, 6.45) is 4.96. The highest BCUT2D eigenvalue weighted by Gasteiger charge is 2.52. The number of halogens is 1. The number of piperidine rings is 1. The van der Waals surface area contributed by atoms with E-state index in [0.717, 1.165) is 31.1 Å². The van der Waals surface area contributed by atoms with Gasteiger partial charge in [-0.05, 0) is 61.3 Å². The molecular formula is C20H25FN2O. The summed E-state index contributed by atoms with van der Waals surface area (Å²) in [7, 11) is 0. The number of likely N-dealkylation sites (tertiary alicyclic amines) is 1. The molecule has 3 heterocycles. The minimum absolute atomic E-state index is 0.136. The number of rotatable bonds is 2. The molecule has 0 bridgehead atoms. The molecule has 24 heavy (non-hydrogen) atoms. The molecule has 0 spiro atoms. The molecule has 4 aliphatic rings. The molecule has 3 nitrogen and oxygen atoms in total. The van der Waals surface area contributed by atoms with E-state index < -0.39 is 0 Å². The fourth-order valence-electron chi connectivity index (χ4n) is 5.52. The maximum absolute atomic E-state index is 13.1. The summed E-state index contributed by atoms with van der Waals surface area (Å²) in [6.45, 7) is 4.40. The van der Waals surface area contributed by atoms with Gasteiger partial charge < -0.3 is 4.90 Å². The van der Waals surface area contributed by atoms with Crippen molar-refractivity contribution >= 4 is 5.91 Å². The van der Waals surface area contributed by atoms with Crippen LogP contribution in [0.2, 0.25) is 0 Å². The summed E-state index contributed by atoms with van der Waals surface area (Å²) in [6, 6.07) is 7.42. The number of hydrogen-bond acceptors (Lipinski definition) is 2. The van der Waals surface area contributed by atoms with E-state index in [0.29, 0.717) is 23.7 Å². The van der Waals surface area contributed by atoms with Gasteiger partial charge in [-0.25, -0.2) is 4.39 Å². The number of nitrogens with zero attached hydrogens (tertiary/aromatic N) is 2. The summed E-state index contributed by atoms with van der Waals surface area (Å²) in [5.41, 5.74) is 1.12. The third-order valence-electron chi connectivity index (χ3n) is 6.84. The third kappa shape index (κ3) is 2.38. The van der Waals surface area contributed by atoms with Crippen molar-refractivity contribution < 1.29 is 9.18 Å². The normalized spacial score (nSPS) is 38.0. The van der Waals surface area contributed by atoms with Gasteiger partial charge in [-0.3, -0.25) is 9.69 Å². The Balaban J connectivity index is 1.23. The maximum atomic E-state index is 13.1. The lowest BCUT2D eigenvalue weighted by Crippen LogP contribution is -2.41. The Labute approximate surface area is 142 Å². The minimum Gasteiger partial charge on any atom is -0.342 e. The van der Waals surface area contributed by atoms with Crippen molar-refractivity contribution in [2.75, 3.05) is 26.2 Å². The predicted octanol–water partition coefficient (Wildman–Crippen LogP) is 2.87. The molecule has 1 saturated carbocycles. The van der Waals surface area contributed by atoms with Gasteiger partial charge in [0.15, 0.2) is 0 Å². The van der Waals surface area contributed by atoms with Gasteiger partial charge in [0.2, 0.25) is 5.91 Å². The summed E-state index contributed by atoms with van der Waals surface area (Å²) in [5.74, 6) is 1.99. The van der Waals surface area contributed by atoms with Crippen LogP contribution < -0.4 is 0 Å². The molecule has 4 fully saturated rings. The number of carbonyl (C=O) groups excluding carboxylic acids is 1. The van der Waals surface area contributed by atoms with E-state index >= 15 is 0 Å². The molecule has 0 unspecified atom stereocenters. The van der Waals surface area contributed by atoms with Crippen LogP contribution in [-0.2, 0) is 4.79 Å². The first-order valence-electron chi connectivity index (χ1n) is 9.49. The van der Waals surface area contributed by atoms with Gasteiger partial charge in [0.1, 0.15) is 5.82 Å². The Hall–Kier alpha value is -1.42. The van der Waals surface area contributed by atoms with Crippen molar-refractivity contribution in [3.05, 3.63) is 35.6 Å². The molecule has 0 radical (unpaired) electrons. The smallest absolute Gasteiger partial charge is 0.226 e. The Bertz CT molecular complexity index is 646. The van der Waals surface area contributed by atoms with Gasteiger partial charge in [0, 0.05) is 31.6 Å². The summed E-state index contributed by atoms with van der Waals surface area (Å²) >= 11 is 0. The number of carbonyl (C=O) groups is 1. The highest BCUT2D eigenvalue weighted by atomic mass is 19.1. The fraction of sp³-hybridized carbons (Fsp3) is 0.650. The van der Waals surface area contributed by atoms with Crippen LogP contribution in [0.5, 0.6) is 0 Å². The Morgan fingerprint density at radius 3 is 2.75 bits per heavy atom. The lowest BCUT2D eigenvalue weighted by atomic mass is 9.90. The minimum atomic E-state index is -0.202. The topological polar surface area (TPSA) is 23.6 Å². The molecular weight excluding hydrogens is 303 g/mol. The molecule has 4 heteroatoms. The standard InChI is InChI=1S/C20H25FN2O/c21-15-6-4-13(5-7-15)16-9-17(16)20(24)23-11-14-10-22-8-2-1-3-19(22)18(14)12-23/h4-7,14,16-19H,1-3,8-12H2/t14-,16+,17+,18-,19+/m0/s1. The van der Waals surface area contributed by atoms with Crippen LogP contribution in [0.4, 0.5) is 4.39 Å². The molecule has 1 aliphatic carbocycles. The van der Waals surface area contributed by atoms with Crippen molar-refractivity contribution in [1.29, 1.82) is 0 Å². The Morgan fingerprint density at radius 1 is 1.08 bits per heavy atom. The average molecular weight is 328 g/mol. The van der Waals surface area contributed by atoms with Crippen LogP contribution in [-0.4, -0.2) is 47.9 Å². The van der Waals surface area contributed by atoms with E-state index in [1.54, 1.807) is 0 Å². The van der Waals surface area contributed by atoms with Crippen LogP contribution in [0.25, 0.3) is 0 Å². The first-order chi connectivity index (χ1) is 11.7. The SMILES string of the molecule is O=C([C@@H]1C[C@@H]1c1ccc(F)cc1)N1C[C@@H]2CN3CCCC[C@@H]3[C@H]2C1. The third-order valence-corrected chi connectivity index (χ3v) is 6.84. The van der Waals surface area contributed by atoms with Crippen molar-refractivity contribution in [2.45, 2.75) is 37.6 Å². The summed E-state index contributed by atoms with van der Waals surface area (Å²) < 4.78 is 13.1. The Kier molecular flexibility index (Phi) is 3.44. The van der Waals surface area contributed by atoms with Gasteiger partial charge in [-0.1, -0.05) is 18.6 Å². The molecule has 128 valence electrons. The average Bonchev–Trinajstić information content (AvgIpc) is 3.16. The molecule has 1 amide bonds. The molecule has 1 aromatic rings. The Morgan fingerprint density at radius 2 is 1.92 bits per heavy atom. The van der Waals surface area contributed by atoms with Crippen molar-refractivity contribution in [3.63, 3.8) is 0 Å². The van der Waals surface area contributed by atoms with Crippen molar-refractivity contribution in [1.82, 2.24) is 9.80 Å². The second-order valence-corrected chi connectivity index (χ2v) is 8.23. The quantitative estimate of drug-likeness (QED) is 0.833. The lowest BCUT2D eigenvalue weighted by Gasteiger charge is -2.33. The van der Waals surface area contributed by atoms with Crippen molar-refractivity contribution in [3.8, 4) is 0 Å². The van der Waals surface area contributed by atoms with E-state index in [4.69, 9.17) is 0 Å². The van der Waals surface area contributed by atoms with E-state index in [1.807, 2.05) is 12.1 Å². The van der Waals surface area contributed by atoms with Crippen molar-refractivity contribution in [2.24, 2.45) is 17.8 Å². The molecule has 0 aromatic heterocycles. The molecule has 5 atom stereocenters. The van der Waals surface area contributed by atoms with Gasteiger partial charge >= 0.3 is 0 Å². The molecule has 0 N–H and O–H groups in total. The predicted molar refractivity (Wildman–Crippen MR) is 90.0 cm³/mol. The lowest BCUT2D eigenvalue weighted by molar-refractivity contribution is -0.132. The fourth-order valence-corrected chi connectivity index (χ4v) is 5.52. The zero-order valence-corrected chi connectivity index (χ0v) is 14.0. The highest BCUT2D eigenvalue weighted by Crippen LogP contribution is 2.50. The van der Waals surface area contributed by atoms with Gasteiger partial charge in [0.25, 0.3) is 0 Å². The van der Waals surface area contributed by atoms with E-state index in [2.05, 4.69) is 9.80 Å².